The van der Waals surface area contributed by atoms with E-state index in [4.69, 9.17) is 8.92 Å². The van der Waals surface area contributed by atoms with Crippen LogP contribution in [0.2, 0.25) is 0 Å². The molecule has 0 amide bonds. The van der Waals surface area contributed by atoms with Gasteiger partial charge in [-0.2, -0.15) is 0 Å². The van der Waals surface area contributed by atoms with E-state index in [1.54, 1.807) is 0 Å². The fourth-order valence-electron chi connectivity index (χ4n) is 2.44. The standard InChI is InChI=1S/C15H20O4S/c1-11-6-8-14(9-7-11)20(17)19-13-5-3-4-12(10-13)15(16)18-2/h6-9,12-13H,3-5,10H2,1-2H3. The third kappa shape index (κ3) is 3.90. The minimum absolute atomic E-state index is 0.131. The van der Waals surface area contributed by atoms with Crippen LogP contribution in [-0.2, 0) is 24.8 Å². The molecule has 0 N–H and O–H groups in total. The third-order valence-corrected chi connectivity index (χ3v) is 4.70. The summed E-state index contributed by atoms with van der Waals surface area (Å²) in [7, 11) is 1.40. The highest BCUT2D eigenvalue weighted by Gasteiger charge is 2.29. The molecule has 1 aromatic carbocycles. The van der Waals surface area contributed by atoms with Crippen LogP contribution >= 0.6 is 0 Å². The molecule has 1 aliphatic rings. The Labute approximate surface area is 122 Å². The smallest absolute Gasteiger partial charge is 0.308 e. The second kappa shape index (κ2) is 6.99. The summed E-state index contributed by atoms with van der Waals surface area (Å²) >= 11 is -1.47. The number of benzene rings is 1. The van der Waals surface area contributed by atoms with Crippen LogP contribution in [-0.4, -0.2) is 23.4 Å². The van der Waals surface area contributed by atoms with Gasteiger partial charge in [-0.05, 0) is 44.7 Å². The summed E-state index contributed by atoms with van der Waals surface area (Å²) in [5.74, 6) is -0.326. The molecule has 0 bridgehead atoms. The molecule has 20 heavy (non-hydrogen) atoms. The maximum Gasteiger partial charge on any atom is 0.308 e. The van der Waals surface area contributed by atoms with E-state index in [2.05, 4.69) is 0 Å². The van der Waals surface area contributed by atoms with Crippen LogP contribution in [0.5, 0.6) is 0 Å². The van der Waals surface area contributed by atoms with Crippen LogP contribution in [0.1, 0.15) is 31.2 Å². The Bertz CT molecular complexity index is 483. The Hall–Kier alpha value is -1.20. The van der Waals surface area contributed by atoms with Gasteiger partial charge in [-0.3, -0.25) is 8.98 Å². The topological polar surface area (TPSA) is 52.6 Å². The molecule has 2 rings (SSSR count). The van der Waals surface area contributed by atoms with Gasteiger partial charge in [-0.15, -0.1) is 0 Å². The van der Waals surface area contributed by atoms with Crippen molar-refractivity contribution < 1.29 is 17.9 Å². The molecule has 0 radical (unpaired) electrons. The van der Waals surface area contributed by atoms with Crippen molar-refractivity contribution in [2.45, 2.75) is 43.6 Å². The maximum atomic E-state index is 12.1. The van der Waals surface area contributed by atoms with Gasteiger partial charge in [0.1, 0.15) is 0 Å². The van der Waals surface area contributed by atoms with E-state index in [1.165, 1.54) is 7.11 Å². The van der Waals surface area contributed by atoms with E-state index in [9.17, 15) is 9.00 Å². The SMILES string of the molecule is COC(=O)C1CCCC(OS(=O)c2ccc(C)cc2)C1. The fraction of sp³-hybridized carbons (Fsp3) is 0.533. The monoisotopic (exact) mass is 296 g/mol. The fourth-order valence-corrected chi connectivity index (χ4v) is 3.33. The van der Waals surface area contributed by atoms with Crippen molar-refractivity contribution in [1.82, 2.24) is 0 Å². The summed E-state index contributed by atoms with van der Waals surface area (Å²) in [4.78, 5) is 12.2. The minimum Gasteiger partial charge on any atom is -0.469 e. The summed E-state index contributed by atoms with van der Waals surface area (Å²) in [6, 6.07) is 7.45. The lowest BCUT2D eigenvalue weighted by molar-refractivity contribution is -0.147. The highest BCUT2D eigenvalue weighted by atomic mass is 32.2. The number of esters is 1. The van der Waals surface area contributed by atoms with Gasteiger partial charge in [0, 0.05) is 0 Å². The Balaban J connectivity index is 1.94. The summed E-state index contributed by atoms with van der Waals surface area (Å²) in [5, 5.41) is 0. The highest BCUT2D eigenvalue weighted by molar-refractivity contribution is 7.80. The Morgan fingerprint density at radius 1 is 1.25 bits per heavy atom. The van der Waals surface area contributed by atoms with Gasteiger partial charge in [0.15, 0.2) is 11.1 Å². The first-order chi connectivity index (χ1) is 9.60. The molecule has 5 heteroatoms. The molecule has 1 aromatic rings. The van der Waals surface area contributed by atoms with Crippen molar-refractivity contribution in [3.8, 4) is 0 Å². The van der Waals surface area contributed by atoms with Crippen molar-refractivity contribution in [3.05, 3.63) is 29.8 Å². The summed E-state index contributed by atoms with van der Waals surface area (Å²) in [6.07, 6.45) is 3.00. The maximum absolute atomic E-state index is 12.1. The van der Waals surface area contributed by atoms with Crippen LogP contribution < -0.4 is 0 Å². The minimum atomic E-state index is -1.47. The number of carbonyl (C=O) groups excluding carboxylic acids is 1. The van der Waals surface area contributed by atoms with Crippen LogP contribution in [0.15, 0.2) is 29.2 Å². The Morgan fingerprint density at radius 2 is 1.95 bits per heavy atom. The van der Waals surface area contributed by atoms with Gasteiger partial charge >= 0.3 is 5.97 Å². The Morgan fingerprint density at radius 3 is 2.60 bits per heavy atom. The van der Waals surface area contributed by atoms with Crippen molar-refractivity contribution in [2.75, 3.05) is 7.11 Å². The van der Waals surface area contributed by atoms with E-state index in [1.807, 2.05) is 31.2 Å². The molecular weight excluding hydrogens is 276 g/mol. The molecule has 1 saturated carbocycles. The zero-order chi connectivity index (χ0) is 14.5. The number of rotatable bonds is 4. The molecule has 1 fully saturated rings. The molecule has 1 aliphatic carbocycles. The zero-order valence-electron chi connectivity index (χ0n) is 11.8. The van der Waals surface area contributed by atoms with E-state index in [0.29, 0.717) is 11.3 Å². The van der Waals surface area contributed by atoms with E-state index >= 15 is 0 Å². The molecule has 0 spiro atoms. The lowest BCUT2D eigenvalue weighted by Gasteiger charge is -2.26. The highest BCUT2D eigenvalue weighted by Crippen LogP contribution is 2.28. The number of hydrogen-bond donors (Lipinski definition) is 0. The first kappa shape index (κ1) is 15.2. The van der Waals surface area contributed by atoms with E-state index < -0.39 is 11.1 Å². The predicted molar refractivity (Wildman–Crippen MR) is 76.4 cm³/mol. The van der Waals surface area contributed by atoms with Gasteiger partial charge in [-0.25, -0.2) is 4.21 Å². The van der Waals surface area contributed by atoms with Crippen LogP contribution in [0.4, 0.5) is 0 Å². The molecule has 3 unspecified atom stereocenters. The van der Waals surface area contributed by atoms with Crippen molar-refractivity contribution in [3.63, 3.8) is 0 Å². The van der Waals surface area contributed by atoms with Gasteiger partial charge in [-0.1, -0.05) is 17.7 Å². The van der Waals surface area contributed by atoms with Gasteiger partial charge in [0.05, 0.1) is 24.0 Å². The number of carbonyl (C=O) groups is 1. The zero-order valence-corrected chi connectivity index (χ0v) is 12.7. The second-order valence-corrected chi connectivity index (χ2v) is 6.29. The molecule has 0 aromatic heterocycles. The normalized spacial score (nSPS) is 24.1. The lowest BCUT2D eigenvalue weighted by Crippen LogP contribution is -2.29. The average Bonchev–Trinajstić information content (AvgIpc) is 2.47. The average molecular weight is 296 g/mol. The Kier molecular flexibility index (Phi) is 5.31. The van der Waals surface area contributed by atoms with Gasteiger partial charge < -0.3 is 4.74 Å². The summed E-state index contributed by atoms with van der Waals surface area (Å²) in [5.41, 5.74) is 1.12. The molecular formula is C15H20O4S. The number of aryl methyl sites for hydroxylation is 1. The number of hydrogen-bond acceptors (Lipinski definition) is 4. The van der Waals surface area contributed by atoms with Gasteiger partial charge in [0.2, 0.25) is 0 Å². The van der Waals surface area contributed by atoms with Crippen molar-refractivity contribution >= 4 is 17.0 Å². The number of methoxy groups -OCH3 is 1. The largest absolute Gasteiger partial charge is 0.469 e. The second-order valence-electron chi connectivity index (χ2n) is 5.15. The molecule has 0 aliphatic heterocycles. The summed E-state index contributed by atoms with van der Waals surface area (Å²) < 4.78 is 22.5. The quantitative estimate of drug-likeness (QED) is 0.802. The van der Waals surface area contributed by atoms with Crippen LogP contribution in [0.3, 0.4) is 0 Å². The van der Waals surface area contributed by atoms with Crippen molar-refractivity contribution in [2.24, 2.45) is 5.92 Å². The van der Waals surface area contributed by atoms with E-state index in [-0.39, 0.29) is 18.0 Å². The van der Waals surface area contributed by atoms with Crippen molar-refractivity contribution in [1.29, 1.82) is 0 Å². The first-order valence-electron chi connectivity index (χ1n) is 6.83. The molecule has 110 valence electrons. The predicted octanol–water partition coefficient (Wildman–Crippen LogP) is 2.77. The molecule has 3 atom stereocenters. The molecule has 0 saturated heterocycles. The summed E-state index contributed by atoms with van der Waals surface area (Å²) in [6.45, 7) is 1.98. The van der Waals surface area contributed by atoms with Crippen LogP contribution in [0.25, 0.3) is 0 Å². The number of ether oxygens (including phenoxy) is 1. The lowest BCUT2D eigenvalue weighted by atomic mass is 9.87. The molecule has 4 nitrogen and oxygen atoms in total. The van der Waals surface area contributed by atoms with Crippen LogP contribution in [0, 0.1) is 12.8 Å². The van der Waals surface area contributed by atoms with E-state index in [0.717, 1.165) is 24.8 Å². The van der Waals surface area contributed by atoms with Gasteiger partial charge in [0.25, 0.3) is 0 Å². The first-order valence-corrected chi connectivity index (χ1v) is 7.91. The molecule has 0 heterocycles. The third-order valence-electron chi connectivity index (χ3n) is 3.60.